The molecule has 4 nitrogen and oxygen atoms in total. The zero-order valence-corrected chi connectivity index (χ0v) is 10.8. The minimum Gasteiger partial charge on any atom is -0.338 e. The minimum absolute atomic E-state index is 0.111. The first-order valence-corrected chi connectivity index (χ1v) is 7.00. The fourth-order valence-corrected chi connectivity index (χ4v) is 3.17. The number of carbonyl (C=O) groups is 1. The number of fused-ring (bicyclic) bond motifs is 1. The second-order valence-electron chi connectivity index (χ2n) is 5.51. The van der Waals surface area contributed by atoms with Crippen LogP contribution < -0.4 is 11.1 Å². The number of nitrogens with two attached hydrogens (primary N) is 1. The lowest BCUT2D eigenvalue weighted by atomic mass is 9.78. The van der Waals surface area contributed by atoms with E-state index in [-0.39, 0.29) is 6.03 Å². The molecule has 1 aliphatic heterocycles. The molecule has 2 rings (SSSR count). The van der Waals surface area contributed by atoms with E-state index in [4.69, 9.17) is 5.73 Å². The Morgan fingerprint density at radius 3 is 2.94 bits per heavy atom. The van der Waals surface area contributed by atoms with Crippen molar-refractivity contribution in [1.82, 2.24) is 10.2 Å². The van der Waals surface area contributed by atoms with Crippen LogP contribution in [-0.4, -0.2) is 36.6 Å². The van der Waals surface area contributed by atoms with Crippen molar-refractivity contribution in [2.75, 3.05) is 19.6 Å². The zero-order chi connectivity index (χ0) is 12.3. The summed E-state index contributed by atoms with van der Waals surface area (Å²) in [4.78, 5) is 13.9. The molecule has 98 valence electrons. The summed E-state index contributed by atoms with van der Waals surface area (Å²) in [7, 11) is 0. The molecule has 2 fully saturated rings. The van der Waals surface area contributed by atoms with Crippen LogP contribution in [0.15, 0.2) is 0 Å². The van der Waals surface area contributed by atoms with Crippen LogP contribution in [0, 0.1) is 11.8 Å². The minimum atomic E-state index is 0.111. The van der Waals surface area contributed by atoms with Crippen LogP contribution in [0.4, 0.5) is 4.79 Å². The summed E-state index contributed by atoms with van der Waals surface area (Å²) < 4.78 is 0. The first-order valence-electron chi connectivity index (χ1n) is 7.00. The van der Waals surface area contributed by atoms with E-state index in [1.807, 2.05) is 4.90 Å². The van der Waals surface area contributed by atoms with E-state index < -0.39 is 0 Å². The highest BCUT2D eigenvalue weighted by molar-refractivity contribution is 5.74. The maximum Gasteiger partial charge on any atom is 0.317 e. The van der Waals surface area contributed by atoms with E-state index in [1.54, 1.807) is 0 Å². The standard InChI is InChI=1S/C13H25N3O/c1-2-3-7-15-13(17)16-8-10-5-4-6-12(14)11(10)9-16/h10-12H,2-9,14H2,1H3,(H,15,17). The van der Waals surface area contributed by atoms with E-state index in [0.29, 0.717) is 17.9 Å². The molecule has 0 aromatic heterocycles. The maximum absolute atomic E-state index is 11.9. The van der Waals surface area contributed by atoms with E-state index >= 15 is 0 Å². The number of likely N-dealkylation sites (tertiary alicyclic amines) is 1. The van der Waals surface area contributed by atoms with Crippen LogP contribution in [0.25, 0.3) is 0 Å². The first-order chi connectivity index (χ1) is 8.22. The molecule has 1 saturated carbocycles. The number of hydrogen-bond donors (Lipinski definition) is 2. The predicted octanol–water partition coefficient (Wildman–Crippen LogP) is 1.56. The Kier molecular flexibility index (Phi) is 4.26. The molecule has 3 atom stereocenters. The third-order valence-electron chi connectivity index (χ3n) is 4.25. The molecular weight excluding hydrogens is 214 g/mol. The number of urea groups is 1. The van der Waals surface area contributed by atoms with Crippen molar-refractivity contribution in [3.8, 4) is 0 Å². The second-order valence-corrected chi connectivity index (χ2v) is 5.51. The number of amides is 2. The van der Waals surface area contributed by atoms with Crippen LogP contribution in [0.2, 0.25) is 0 Å². The molecule has 17 heavy (non-hydrogen) atoms. The molecule has 3 unspecified atom stereocenters. The van der Waals surface area contributed by atoms with Gasteiger partial charge in [-0.1, -0.05) is 19.8 Å². The van der Waals surface area contributed by atoms with Gasteiger partial charge in [-0.05, 0) is 31.1 Å². The first kappa shape index (κ1) is 12.7. The van der Waals surface area contributed by atoms with Crippen molar-refractivity contribution in [2.24, 2.45) is 17.6 Å². The molecule has 4 heteroatoms. The zero-order valence-electron chi connectivity index (χ0n) is 10.8. The molecular formula is C13H25N3O. The van der Waals surface area contributed by atoms with Gasteiger partial charge >= 0.3 is 6.03 Å². The number of rotatable bonds is 3. The van der Waals surface area contributed by atoms with Gasteiger partial charge in [-0.3, -0.25) is 0 Å². The number of nitrogens with one attached hydrogen (secondary N) is 1. The third-order valence-corrected chi connectivity index (χ3v) is 4.25. The molecule has 1 aliphatic carbocycles. The Bertz CT molecular complexity index is 269. The second kappa shape index (κ2) is 5.71. The van der Waals surface area contributed by atoms with E-state index in [2.05, 4.69) is 12.2 Å². The number of carbonyl (C=O) groups excluding carboxylic acids is 1. The predicted molar refractivity (Wildman–Crippen MR) is 68.7 cm³/mol. The summed E-state index contributed by atoms with van der Waals surface area (Å²) in [6.45, 7) is 4.71. The van der Waals surface area contributed by atoms with Gasteiger partial charge in [-0.15, -0.1) is 0 Å². The van der Waals surface area contributed by atoms with Gasteiger partial charge in [0.25, 0.3) is 0 Å². The van der Waals surface area contributed by atoms with Gasteiger partial charge in [0.2, 0.25) is 0 Å². The topological polar surface area (TPSA) is 58.4 Å². The fraction of sp³-hybridized carbons (Fsp3) is 0.923. The van der Waals surface area contributed by atoms with Crippen LogP contribution in [0.3, 0.4) is 0 Å². The summed E-state index contributed by atoms with van der Waals surface area (Å²) in [5.74, 6) is 1.19. The lowest BCUT2D eigenvalue weighted by molar-refractivity contribution is 0.206. The molecule has 0 radical (unpaired) electrons. The Morgan fingerprint density at radius 2 is 2.24 bits per heavy atom. The van der Waals surface area contributed by atoms with Gasteiger partial charge in [-0.25, -0.2) is 4.79 Å². The molecule has 0 aromatic carbocycles. The molecule has 0 aromatic rings. The van der Waals surface area contributed by atoms with Gasteiger partial charge < -0.3 is 16.0 Å². The molecule has 0 spiro atoms. The molecule has 2 amide bonds. The smallest absolute Gasteiger partial charge is 0.317 e. The highest BCUT2D eigenvalue weighted by Gasteiger charge is 2.40. The summed E-state index contributed by atoms with van der Waals surface area (Å²) in [5.41, 5.74) is 6.15. The van der Waals surface area contributed by atoms with Gasteiger partial charge in [-0.2, -0.15) is 0 Å². The lowest BCUT2D eigenvalue weighted by Gasteiger charge is -2.29. The largest absolute Gasteiger partial charge is 0.338 e. The Morgan fingerprint density at radius 1 is 1.41 bits per heavy atom. The van der Waals surface area contributed by atoms with E-state index in [1.165, 1.54) is 12.8 Å². The SMILES string of the molecule is CCCCNC(=O)N1CC2CCCC(N)C2C1. The quantitative estimate of drug-likeness (QED) is 0.734. The number of unbranched alkanes of at least 4 members (excludes halogenated alkanes) is 1. The van der Waals surface area contributed by atoms with Crippen molar-refractivity contribution in [3.05, 3.63) is 0 Å². The fourth-order valence-electron chi connectivity index (χ4n) is 3.17. The van der Waals surface area contributed by atoms with Gasteiger partial charge in [0.1, 0.15) is 0 Å². The normalized spacial score (nSPS) is 32.4. The van der Waals surface area contributed by atoms with Crippen molar-refractivity contribution < 1.29 is 4.79 Å². The molecule has 1 saturated heterocycles. The molecule has 0 bridgehead atoms. The number of nitrogens with zero attached hydrogens (tertiary/aromatic N) is 1. The van der Waals surface area contributed by atoms with Crippen molar-refractivity contribution in [3.63, 3.8) is 0 Å². The Hall–Kier alpha value is -0.770. The summed E-state index contributed by atoms with van der Waals surface area (Å²) in [5, 5.41) is 3.00. The van der Waals surface area contributed by atoms with Crippen molar-refractivity contribution >= 4 is 6.03 Å². The lowest BCUT2D eigenvalue weighted by Crippen LogP contribution is -2.40. The average Bonchev–Trinajstić information content (AvgIpc) is 2.75. The summed E-state index contributed by atoms with van der Waals surface area (Å²) >= 11 is 0. The highest BCUT2D eigenvalue weighted by Crippen LogP contribution is 2.35. The van der Waals surface area contributed by atoms with Gasteiger partial charge in [0.05, 0.1) is 0 Å². The monoisotopic (exact) mass is 239 g/mol. The molecule has 3 N–H and O–H groups in total. The van der Waals surface area contributed by atoms with Crippen LogP contribution >= 0.6 is 0 Å². The van der Waals surface area contributed by atoms with Crippen LogP contribution in [0.5, 0.6) is 0 Å². The molecule has 2 aliphatic rings. The Labute approximate surface area is 104 Å². The van der Waals surface area contributed by atoms with Gasteiger partial charge in [0.15, 0.2) is 0 Å². The Balaban J connectivity index is 1.81. The third kappa shape index (κ3) is 2.92. The summed E-state index contributed by atoms with van der Waals surface area (Å²) in [6, 6.07) is 0.419. The maximum atomic E-state index is 11.9. The van der Waals surface area contributed by atoms with E-state index in [0.717, 1.165) is 38.9 Å². The van der Waals surface area contributed by atoms with Crippen molar-refractivity contribution in [1.29, 1.82) is 0 Å². The molecule has 1 heterocycles. The number of hydrogen-bond acceptors (Lipinski definition) is 2. The average molecular weight is 239 g/mol. The van der Waals surface area contributed by atoms with Crippen LogP contribution in [-0.2, 0) is 0 Å². The van der Waals surface area contributed by atoms with Gasteiger partial charge in [0, 0.05) is 25.7 Å². The highest BCUT2D eigenvalue weighted by atomic mass is 16.2. The van der Waals surface area contributed by atoms with Crippen LogP contribution in [0.1, 0.15) is 39.0 Å². The van der Waals surface area contributed by atoms with Crippen molar-refractivity contribution in [2.45, 2.75) is 45.1 Å². The summed E-state index contributed by atoms with van der Waals surface area (Å²) in [6.07, 6.45) is 5.79. The van der Waals surface area contributed by atoms with E-state index in [9.17, 15) is 4.79 Å².